The maximum absolute atomic E-state index is 11.7. The first-order valence-electron chi connectivity index (χ1n) is 5.58. The number of amides is 2. The number of hydrogen-bond donors (Lipinski definition) is 2. The largest absolute Gasteiger partial charge is 0.468 e. The molecule has 0 heterocycles. The molecular weight excluding hydrogens is 248 g/mol. The van der Waals surface area contributed by atoms with Gasteiger partial charge in [-0.1, -0.05) is 18.2 Å². The summed E-state index contributed by atoms with van der Waals surface area (Å²) in [7, 11) is 1.22. The van der Waals surface area contributed by atoms with E-state index < -0.39 is 23.8 Å². The summed E-state index contributed by atoms with van der Waals surface area (Å²) < 4.78 is 4.37. The van der Waals surface area contributed by atoms with Crippen LogP contribution >= 0.6 is 0 Å². The fraction of sp³-hybridized carbons (Fsp3) is 0.231. The van der Waals surface area contributed by atoms with Crippen LogP contribution in [0.15, 0.2) is 30.3 Å². The molecule has 1 aromatic carbocycles. The van der Waals surface area contributed by atoms with Gasteiger partial charge in [0.05, 0.1) is 7.11 Å². The van der Waals surface area contributed by atoms with E-state index in [1.54, 1.807) is 30.3 Å². The van der Waals surface area contributed by atoms with Gasteiger partial charge in [-0.25, -0.2) is 0 Å². The highest BCUT2D eigenvalue weighted by molar-refractivity contribution is 5.98. The second kappa shape index (κ2) is 7.15. The number of methoxy groups -OCH3 is 1. The van der Waals surface area contributed by atoms with Gasteiger partial charge in [-0.3, -0.25) is 14.4 Å². The van der Waals surface area contributed by atoms with Crippen molar-refractivity contribution < 1.29 is 19.1 Å². The second-order valence-corrected chi connectivity index (χ2v) is 3.69. The van der Waals surface area contributed by atoms with E-state index in [2.05, 4.69) is 22.3 Å². The third-order valence-electron chi connectivity index (χ3n) is 2.29. The summed E-state index contributed by atoms with van der Waals surface area (Å²) in [5, 5.41) is 4.72. The first-order chi connectivity index (χ1) is 9.04. The lowest BCUT2D eigenvalue weighted by atomic mass is 10.2. The average molecular weight is 263 g/mol. The van der Waals surface area contributed by atoms with Crippen molar-refractivity contribution in [2.75, 3.05) is 13.7 Å². The van der Waals surface area contributed by atoms with Gasteiger partial charge in [0.1, 0.15) is 12.6 Å². The molecule has 1 atom stereocenters. The predicted molar refractivity (Wildman–Crippen MR) is 68.1 cm³/mol. The Hall–Kier alpha value is -2.37. The number of ether oxygens (including phenoxy) is 1. The summed E-state index contributed by atoms with van der Waals surface area (Å²) in [6.07, 6.45) is 0. The van der Waals surface area contributed by atoms with Crippen LogP contribution in [0.3, 0.4) is 0 Å². The second-order valence-electron chi connectivity index (χ2n) is 3.69. The standard InChI is InChI=1S/C13H15N2O4/c1-9(12(17)14-8-11(16)19-2)15-13(18)10-6-4-3-5-7-10/h3-7,9H,1,8H2,2H3,(H,14,17)(H,15,18). The molecule has 1 rings (SSSR count). The van der Waals surface area contributed by atoms with Gasteiger partial charge in [0.15, 0.2) is 0 Å². The molecule has 0 aromatic heterocycles. The maximum atomic E-state index is 11.7. The number of carbonyl (C=O) groups is 3. The van der Waals surface area contributed by atoms with Gasteiger partial charge in [-0.2, -0.15) is 0 Å². The number of esters is 1. The molecule has 1 unspecified atom stereocenters. The van der Waals surface area contributed by atoms with Crippen molar-refractivity contribution in [1.29, 1.82) is 0 Å². The number of benzene rings is 1. The van der Waals surface area contributed by atoms with E-state index in [0.717, 1.165) is 0 Å². The first-order valence-corrected chi connectivity index (χ1v) is 5.58. The Labute approximate surface area is 111 Å². The molecule has 2 amide bonds. The number of nitrogens with one attached hydrogen (secondary N) is 2. The van der Waals surface area contributed by atoms with Crippen LogP contribution in [0.4, 0.5) is 0 Å². The Morgan fingerprint density at radius 1 is 1.26 bits per heavy atom. The van der Waals surface area contributed by atoms with Gasteiger partial charge in [0.25, 0.3) is 5.91 Å². The fourth-order valence-corrected chi connectivity index (χ4v) is 1.25. The molecule has 0 aliphatic carbocycles. The van der Waals surface area contributed by atoms with Gasteiger partial charge in [0.2, 0.25) is 5.91 Å². The topological polar surface area (TPSA) is 84.5 Å². The van der Waals surface area contributed by atoms with Crippen molar-refractivity contribution in [2.45, 2.75) is 6.04 Å². The Morgan fingerprint density at radius 2 is 1.89 bits per heavy atom. The lowest BCUT2D eigenvalue weighted by Gasteiger charge is -2.13. The quantitative estimate of drug-likeness (QED) is 0.727. The summed E-state index contributed by atoms with van der Waals surface area (Å²) in [6, 6.07) is 7.45. The minimum atomic E-state index is -0.989. The number of carbonyl (C=O) groups excluding carboxylic acids is 3. The minimum absolute atomic E-state index is 0.261. The molecule has 1 radical (unpaired) electrons. The number of rotatable bonds is 5. The van der Waals surface area contributed by atoms with Crippen LogP contribution in [0.25, 0.3) is 0 Å². The maximum Gasteiger partial charge on any atom is 0.325 e. The van der Waals surface area contributed by atoms with E-state index in [1.807, 2.05) is 0 Å². The van der Waals surface area contributed by atoms with Crippen LogP contribution in [0.2, 0.25) is 0 Å². The normalized spacial score (nSPS) is 11.3. The van der Waals surface area contributed by atoms with Crippen LogP contribution in [0, 0.1) is 6.92 Å². The van der Waals surface area contributed by atoms with Gasteiger partial charge >= 0.3 is 5.97 Å². The third-order valence-corrected chi connectivity index (χ3v) is 2.29. The van der Waals surface area contributed by atoms with Crippen molar-refractivity contribution in [3.63, 3.8) is 0 Å². The van der Waals surface area contributed by atoms with E-state index in [4.69, 9.17) is 0 Å². The van der Waals surface area contributed by atoms with Crippen LogP contribution in [0.5, 0.6) is 0 Å². The van der Waals surface area contributed by atoms with Crippen molar-refractivity contribution in [1.82, 2.24) is 10.6 Å². The molecule has 101 valence electrons. The van der Waals surface area contributed by atoms with Gasteiger partial charge in [-0.05, 0) is 19.1 Å². The van der Waals surface area contributed by atoms with Gasteiger partial charge in [0, 0.05) is 5.56 Å². The Bertz CT molecular complexity index is 459. The molecule has 0 aliphatic rings. The fourth-order valence-electron chi connectivity index (χ4n) is 1.25. The van der Waals surface area contributed by atoms with Crippen LogP contribution in [0.1, 0.15) is 10.4 Å². The summed E-state index contributed by atoms with van der Waals surface area (Å²) in [4.78, 5) is 34.1. The minimum Gasteiger partial charge on any atom is -0.468 e. The zero-order valence-electron chi connectivity index (χ0n) is 10.5. The molecule has 0 bridgehead atoms. The number of hydrogen-bond acceptors (Lipinski definition) is 4. The highest BCUT2D eigenvalue weighted by atomic mass is 16.5. The molecule has 0 saturated heterocycles. The molecule has 0 saturated carbocycles. The zero-order valence-corrected chi connectivity index (χ0v) is 10.5. The van der Waals surface area contributed by atoms with Crippen molar-refractivity contribution in [3.8, 4) is 0 Å². The first kappa shape index (κ1) is 14.7. The Morgan fingerprint density at radius 3 is 2.47 bits per heavy atom. The van der Waals surface area contributed by atoms with E-state index in [1.165, 1.54) is 7.11 Å². The lowest BCUT2D eigenvalue weighted by molar-refractivity contribution is -0.141. The SMILES string of the molecule is [CH2]C(NC(=O)c1ccccc1)C(=O)NCC(=O)OC. The summed E-state index contributed by atoms with van der Waals surface area (Å²) in [5.41, 5.74) is 0.428. The van der Waals surface area contributed by atoms with E-state index in [0.29, 0.717) is 5.56 Å². The van der Waals surface area contributed by atoms with Crippen molar-refractivity contribution in [2.24, 2.45) is 0 Å². The molecule has 6 heteroatoms. The lowest BCUT2D eigenvalue weighted by Crippen LogP contribution is -2.46. The highest BCUT2D eigenvalue weighted by Crippen LogP contribution is 1.98. The molecule has 0 aliphatic heterocycles. The average Bonchev–Trinajstić information content (AvgIpc) is 2.44. The Balaban J connectivity index is 2.46. The third kappa shape index (κ3) is 4.79. The van der Waals surface area contributed by atoms with Crippen LogP contribution in [-0.2, 0) is 14.3 Å². The smallest absolute Gasteiger partial charge is 0.325 e. The summed E-state index contributed by atoms with van der Waals surface area (Å²) in [6.45, 7) is 3.25. The molecule has 1 aromatic rings. The monoisotopic (exact) mass is 263 g/mol. The van der Waals surface area contributed by atoms with E-state index in [-0.39, 0.29) is 6.54 Å². The van der Waals surface area contributed by atoms with Gasteiger partial charge in [-0.15, -0.1) is 0 Å². The van der Waals surface area contributed by atoms with E-state index >= 15 is 0 Å². The summed E-state index contributed by atoms with van der Waals surface area (Å²) >= 11 is 0. The van der Waals surface area contributed by atoms with E-state index in [9.17, 15) is 14.4 Å². The molecular formula is C13H15N2O4. The molecule has 0 spiro atoms. The molecule has 6 nitrogen and oxygen atoms in total. The zero-order chi connectivity index (χ0) is 14.3. The molecule has 19 heavy (non-hydrogen) atoms. The van der Waals surface area contributed by atoms with Crippen LogP contribution in [-0.4, -0.2) is 37.5 Å². The van der Waals surface area contributed by atoms with Crippen LogP contribution < -0.4 is 10.6 Å². The molecule has 2 N–H and O–H groups in total. The summed E-state index contributed by atoms with van der Waals surface area (Å²) in [5.74, 6) is -1.54. The molecule has 0 fully saturated rings. The van der Waals surface area contributed by atoms with Gasteiger partial charge < -0.3 is 15.4 Å². The van der Waals surface area contributed by atoms with Crippen molar-refractivity contribution in [3.05, 3.63) is 42.8 Å². The Kier molecular flexibility index (Phi) is 5.53. The predicted octanol–water partition coefficient (Wildman–Crippen LogP) is -0.0917. The highest BCUT2D eigenvalue weighted by Gasteiger charge is 2.17. The van der Waals surface area contributed by atoms with Crippen molar-refractivity contribution >= 4 is 17.8 Å².